The summed E-state index contributed by atoms with van der Waals surface area (Å²) in [5.41, 5.74) is 4.56. The minimum Gasteiger partial charge on any atom is -0.468 e. The molecule has 1 rings (SSSR count). The van der Waals surface area contributed by atoms with Crippen molar-refractivity contribution in [2.24, 2.45) is 5.73 Å². The number of hydrogen-bond donors (Lipinski definition) is 1. The Morgan fingerprint density at radius 3 is 2.80 bits per heavy atom. The molecule has 1 aromatic rings. The number of aryl methyl sites for hydroxylation is 1. The third-order valence-electron chi connectivity index (χ3n) is 2.86. The van der Waals surface area contributed by atoms with E-state index in [2.05, 4.69) is 14.4 Å². The average Bonchev–Trinajstić information content (AvgIpc) is 2.69. The monoisotopic (exact) mass is 287 g/mol. The zero-order valence-corrected chi connectivity index (χ0v) is 11.7. The lowest BCUT2D eigenvalue weighted by molar-refractivity contribution is -0.146. The highest BCUT2D eigenvalue weighted by atomic mass is 19.1. The highest BCUT2D eigenvalue weighted by molar-refractivity contribution is 5.79. The van der Waals surface area contributed by atoms with Gasteiger partial charge in [-0.15, -0.1) is 0 Å². The van der Waals surface area contributed by atoms with Crippen molar-refractivity contribution in [2.45, 2.75) is 38.8 Å². The Bertz CT molecular complexity index is 559. The van der Waals surface area contributed by atoms with Crippen LogP contribution in [0, 0.1) is 6.92 Å². The zero-order valence-electron chi connectivity index (χ0n) is 11.7. The van der Waals surface area contributed by atoms with Gasteiger partial charge in [-0.1, -0.05) is 11.2 Å². The molecule has 0 aliphatic carbocycles. The van der Waals surface area contributed by atoms with Gasteiger partial charge in [-0.2, -0.15) is 0 Å². The number of ether oxygens (including phenoxy) is 1. The van der Waals surface area contributed by atoms with Gasteiger partial charge >= 0.3 is 11.7 Å². The highest BCUT2D eigenvalue weighted by Gasteiger charge is 2.28. The van der Waals surface area contributed by atoms with E-state index in [9.17, 15) is 14.0 Å². The van der Waals surface area contributed by atoms with Crippen molar-refractivity contribution < 1.29 is 18.4 Å². The minimum atomic E-state index is -1.17. The van der Waals surface area contributed by atoms with E-state index in [-0.39, 0.29) is 25.2 Å². The average molecular weight is 287 g/mol. The van der Waals surface area contributed by atoms with E-state index in [1.807, 2.05) is 0 Å². The molecule has 1 heterocycles. The molecule has 7 nitrogen and oxygen atoms in total. The van der Waals surface area contributed by atoms with E-state index in [1.54, 1.807) is 0 Å². The number of aromatic nitrogens is 2. The summed E-state index contributed by atoms with van der Waals surface area (Å²) in [6.45, 7) is 2.79. The van der Waals surface area contributed by atoms with Crippen molar-refractivity contribution in [1.29, 1.82) is 0 Å². The fraction of sp³-hybridized carbons (Fsp3) is 0.583. The number of hydrogen-bond acceptors (Lipinski definition) is 6. The van der Waals surface area contributed by atoms with Gasteiger partial charge in [-0.3, -0.25) is 13.9 Å². The summed E-state index contributed by atoms with van der Waals surface area (Å²) >= 11 is 0. The summed E-state index contributed by atoms with van der Waals surface area (Å²) in [6.07, 6.45) is 1.74. The molecule has 1 aromatic heterocycles. The van der Waals surface area contributed by atoms with Crippen LogP contribution in [0.3, 0.4) is 0 Å². The van der Waals surface area contributed by atoms with Crippen LogP contribution in [0.15, 0.2) is 21.2 Å². The van der Waals surface area contributed by atoms with Crippen LogP contribution >= 0.6 is 0 Å². The van der Waals surface area contributed by atoms with Gasteiger partial charge in [0.1, 0.15) is 11.4 Å². The molecule has 1 atom stereocenters. The van der Waals surface area contributed by atoms with Gasteiger partial charge < -0.3 is 10.5 Å². The lowest BCUT2D eigenvalue weighted by Crippen LogP contribution is -2.45. The summed E-state index contributed by atoms with van der Waals surface area (Å²) in [5.74, 6) is -1.52. The molecule has 0 amide bonds. The van der Waals surface area contributed by atoms with Crippen molar-refractivity contribution in [3.8, 4) is 0 Å². The van der Waals surface area contributed by atoms with Crippen LogP contribution in [-0.4, -0.2) is 28.3 Å². The number of halogens is 1. The van der Waals surface area contributed by atoms with Gasteiger partial charge in [0.15, 0.2) is 5.82 Å². The third-order valence-corrected chi connectivity index (χ3v) is 2.86. The maximum absolute atomic E-state index is 13.7. The quantitative estimate of drug-likeness (QED) is 0.772. The summed E-state index contributed by atoms with van der Waals surface area (Å²) in [6, 6.07) is 0. The Labute approximate surface area is 115 Å². The normalized spacial score (nSPS) is 14.9. The van der Waals surface area contributed by atoms with Crippen LogP contribution < -0.4 is 11.5 Å². The predicted molar refractivity (Wildman–Crippen MR) is 68.5 cm³/mol. The second-order valence-electron chi connectivity index (χ2n) is 4.68. The molecule has 0 saturated carbocycles. The molecule has 0 fully saturated rings. The maximum Gasteiger partial charge on any atom is 0.441 e. The molecule has 0 unspecified atom stereocenters. The summed E-state index contributed by atoms with van der Waals surface area (Å²) < 4.78 is 23.7. The number of nitrogens with zero attached hydrogens (tertiary/aromatic N) is 2. The zero-order chi connectivity index (χ0) is 15.3. The third kappa shape index (κ3) is 4.02. The Morgan fingerprint density at radius 2 is 2.30 bits per heavy atom. The molecule has 20 heavy (non-hydrogen) atoms. The van der Waals surface area contributed by atoms with Crippen molar-refractivity contribution in [1.82, 2.24) is 9.72 Å². The van der Waals surface area contributed by atoms with Gasteiger partial charge in [0.25, 0.3) is 0 Å². The molecule has 0 radical (unpaired) electrons. The Hall–Kier alpha value is -1.96. The lowest BCUT2D eigenvalue weighted by atomic mass is 9.97. The van der Waals surface area contributed by atoms with E-state index < -0.39 is 23.1 Å². The highest BCUT2D eigenvalue weighted by Crippen LogP contribution is 2.13. The van der Waals surface area contributed by atoms with Crippen molar-refractivity contribution in [3.63, 3.8) is 0 Å². The second-order valence-corrected chi connectivity index (χ2v) is 4.68. The van der Waals surface area contributed by atoms with E-state index in [1.165, 1.54) is 27.0 Å². The lowest BCUT2D eigenvalue weighted by Gasteiger charge is -2.20. The predicted octanol–water partition coefficient (Wildman–Crippen LogP) is 0.669. The number of nitrogens with two attached hydrogens (primary N) is 1. The number of carbonyl (C=O) groups is 1. The van der Waals surface area contributed by atoms with E-state index in [0.29, 0.717) is 0 Å². The Morgan fingerprint density at radius 1 is 1.65 bits per heavy atom. The number of allylic oxidation sites excluding steroid dienone is 2. The molecule has 112 valence electrons. The largest absolute Gasteiger partial charge is 0.468 e. The van der Waals surface area contributed by atoms with Gasteiger partial charge in [0, 0.05) is 0 Å². The Kier molecular flexibility index (Phi) is 5.20. The number of rotatable bonds is 6. The second kappa shape index (κ2) is 6.47. The van der Waals surface area contributed by atoms with E-state index >= 15 is 0 Å². The first-order valence-corrected chi connectivity index (χ1v) is 6.03. The fourth-order valence-electron chi connectivity index (χ4n) is 1.59. The summed E-state index contributed by atoms with van der Waals surface area (Å²) in [5, 5.41) is 3.42. The molecule has 0 aromatic carbocycles. The van der Waals surface area contributed by atoms with Crippen LogP contribution in [0.1, 0.15) is 25.6 Å². The van der Waals surface area contributed by atoms with Crippen molar-refractivity contribution >= 4 is 5.97 Å². The first kappa shape index (κ1) is 16.1. The van der Waals surface area contributed by atoms with Crippen molar-refractivity contribution in [2.75, 3.05) is 7.11 Å². The first-order valence-electron chi connectivity index (χ1n) is 6.03. The molecule has 0 bridgehead atoms. The van der Waals surface area contributed by atoms with Crippen LogP contribution in [0.25, 0.3) is 0 Å². The molecule has 8 heteroatoms. The SMILES string of the molecule is COC(=O)[C@](C)(N)CC/C=C(/F)Cn1c(C)noc1=O. The number of esters is 1. The fourth-order valence-corrected chi connectivity index (χ4v) is 1.59. The van der Waals surface area contributed by atoms with Crippen LogP contribution in [-0.2, 0) is 16.1 Å². The molecule has 0 saturated heterocycles. The minimum absolute atomic E-state index is 0.227. The maximum atomic E-state index is 13.7. The van der Waals surface area contributed by atoms with E-state index in [4.69, 9.17) is 5.73 Å². The Balaban J connectivity index is 2.59. The summed E-state index contributed by atoms with van der Waals surface area (Å²) in [7, 11) is 1.24. The van der Waals surface area contributed by atoms with E-state index in [0.717, 1.165) is 4.57 Å². The number of carbonyl (C=O) groups excluding carboxylic acids is 1. The van der Waals surface area contributed by atoms with Crippen LogP contribution in [0.5, 0.6) is 0 Å². The standard InChI is InChI=1S/C12H18FN3O4/c1-8-15-20-11(18)16(8)7-9(13)5-4-6-12(2,14)10(17)19-3/h5H,4,6-7,14H2,1-3H3/b9-5+/t12-/m1/s1. The van der Waals surface area contributed by atoms with Gasteiger partial charge in [-0.25, -0.2) is 9.18 Å². The smallest absolute Gasteiger partial charge is 0.441 e. The van der Waals surface area contributed by atoms with Gasteiger partial charge in [0.2, 0.25) is 0 Å². The van der Waals surface area contributed by atoms with Gasteiger partial charge in [0.05, 0.1) is 13.7 Å². The van der Waals surface area contributed by atoms with Crippen LogP contribution in [0.4, 0.5) is 4.39 Å². The topological polar surface area (TPSA) is 100 Å². The van der Waals surface area contributed by atoms with Gasteiger partial charge in [-0.05, 0) is 26.7 Å². The molecular formula is C12H18FN3O4. The molecular weight excluding hydrogens is 269 g/mol. The van der Waals surface area contributed by atoms with Crippen molar-refractivity contribution in [3.05, 3.63) is 28.3 Å². The molecule has 0 aliphatic heterocycles. The molecule has 2 N–H and O–H groups in total. The van der Waals surface area contributed by atoms with Crippen LogP contribution in [0.2, 0.25) is 0 Å². The molecule has 0 spiro atoms. The summed E-state index contributed by atoms with van der Waals surface area (Å²) in [4.78, 5) is 22.5. The molecule has 0 aliphatic rings. The first-order chi connectivity index (χ1) is 9.27. The number of methoxy groups -OCH3 is 1.